The van der Waals surface area contributed by atoms with Crippen molar-refractivity contribution in [3.05, 3.63) is 32.6 Å². The predicted molar refractivity (Wildman–Crippen MR) is 67.8 cm³/mol. The molecule has 102 valence electrons. The number of aromatic amines is 2. The van der Waals surface area contributed by atoms with E-state index in [-0.39, 0.29) is 5.56 Å². The molecule has 3 saturated heterocycles. The summed E-state index contributed by atoms with van der Waals surface area (Å²) in [5, 5.41) is 0. The van der Waals surface area contributed by atoms with Gasteiger partial charge in [0, 0.05) is 43.2 Å². The van der Waals surface area contributed by atoms with Gasteiger partial charge >= 0.3 is 5.69 Å². The maximum Gasteiger partial charge on any atom is 0.325 e. The van der Waals surface area contributed by atoms with Crippen LogP contribution in [-0.2, 0) is 11.3 Å². The molecule has 1 aromatic heterocycles. The van der Waals surface area contributed by atoms with Crippen molar-refractivity contribution in [2.75, 3.05) is 13.1 Å². The zero-order valence-electron chi connectivity index (χ0n) is 10.6. The number of fused-ring (bicyclic) bond motifs is 5. The van der Waals surface area contributed by atoms with Gasteiger partial charge in [0.2, 0.25) is 0 Å². The van der Waals surface area contributed by atoms with Gasteiger partial charge in [-0.3, -0.25) is 14.7 Å². The van der Waals surface area contributed by atoms with E-state index in [0.717, 1.165) is 13.1 Å². The van der Waals surface area contributed by atoms with Crippen LogP contribution >= 0.6 is 0 Å². The lowest BCUT2D eigenvalue weighted by atomic mass is 9.82. The molecule has 0 aromatic carbocycles. The Morgan fingerprint density at radius 2 is 1.84 bits per heavy atom. The van der Waals surface area contributed by atoms with Gasteiger partial charge in [0.25, 0.3) is 5.56 Å². The number of nitrogens with zero attached hydrogens (tertiary/aromatic N) is 1. The van der Waals surface area contributed by atoms with Gasteiger partial charge in [-0.15, -0.1) is 0 Å². The summed E-state index contributed by atoms with van der Waals surface area (Å²) >= 11 is 0. The maximum absolute atomic E-state index is 11.3. The molecular formula is C13H17N3O3. The second-order valence-corrected chi connectivity index (χ2v) is 5.93. The van der Waals surface area contributed by atoms with Gasteiger partial charge in [-0.2, -0.15) is 0 Å². The van der Waals surface area contributed by atoms with Gasteiger partial charge in [0.1, 0.15) is 0 Å². The number of aromatic nitrogens is 2. The zero-order chi connectivity index (χ0) is 13.0. The summed E-state index contributed by atoms with van der Waals surface area (Å²) in [5.41, 5.74) is -0.0613. The second kappa shape index (κ2) is 4.05. The Kier molecular flexibility index (Phi) is 2.43. The van der Waals surface area contributed by atoms with Crippen molar-refractivity contribution in [2.24, 2.45) is 11.8 Å². The molecule has 3 aliphatic heterocycles. The second-order valence-electron chi connectivity index (χ2n) is 5.93. The largest absolute Gasteiger partial charge is 0.374 e. The van der Waals surface area contributed by atoms with Crippen LogP contribution in [0.5, 0.6) is 0 Å². The Bertz CT molecular complexity index is 561. The van der Waals surface area contributed by atoms with Gasteiger partial charge in [0.15, 0.2) is 0 Å². The fourth-order valence-electron chi connectivity index (χ4n) is 4.02. The molecule has 0 amide bonds. The Hall–Kier alpha value is -1.40. The summed E-state index contributed by atoms with van der Waals surface area (Å²) in [6.07, 6.45) is 3.28. The van der Waals surface area contributed by atoms with Crippen LogP contribution in [0.3, 0.4) is 0 Å². The van der Waals surface area contributed by atoms with E-state index in [1.165, 1.54) is 18.9 Å². The highest BCUT2D eigenvalue weighted by Crippen LogP contribution is 2.47. The quantitative estimate of drug-likeness (QED) is 0.766. The molecule has 6 nitrogen and oxygen atoms in total. The average molecular weight is 263 g/mol. The molecule has 2 bridgehead atoms. The maximum atomic E-state index is 11.3. The monoisotopic (exact) mass is 263 g/mol. The molecule has 4 atom stereocenters. The Morgan fingerprint density at radius 1 is 1.16 bits per heavy atom. The molecule has 1 aromatic rings. The zero-order valence-corrected chi connectivity index (χ0v) is 10.6. The molecule has 3 fully saturated rings. The summed E-state index contributed by atoms with van der Waals surface area (Å²) in [7, 11) is 0. The van der Waals surface area contributed by atoms with Crippen molar-refractivity contribution in [1.29, 1.82) is 0 Å². The molecule has 0 spiro atoms. The molecule has 0 saturated carbocycles. The summed E-state index contributed by atoms with van der Waals surface area (Å²) in [5.74, 6) is 1.29. The fraction of sp³-hybridized carbons (Fsp3) is 0.692. The van der Waals surface area contributed by atoms with E-state index in [9.17, 15) is 9.59 Å². The summed E-state index contributed by atoms with van der Waals surface area (Å²) in [6.45, 7) is 2.67. The lowest BCUT2D eigenvalue weighted by molar-refractivity contribution is 0.0695. The van der Waals surface area contributed by atoms with Crippen molar-refractivity contribution in [3.63, 3.8) is 0 Å². The molecule has 0 unspecified atom stereocenters. The van der Waals surface area contributed by atoms with Crippen LogP contribution in [0, 0.1) is 11.8 Å². The number of ether oxygens (including phenoxy) is 1. The minimum Gasteiger partial charge on any atom is -0.374 e. The highest BCUT2D eigenvalue weighted by Gasteiger charge is 2.52. The predicted octanol–water partition coefficient (Wildman–Crippen LogP) is -0.328. The van der Waals surface area contributed by atoms with Gasteiger partial charge in [-0.1, -0.05) is 0 Å². The van der Waals surface area contributed by atoms with Gasteiger partial charge in [0.05, 0.1) is 12.2 Å². The van der Waals surface area contributed by atoms with E-state index in [0.29, 0.717) is 36.3 Å². The number of nitrogens with one attached hydrogen (secondary N) is 2. The minimum absolute atomic E-state index is 0.332. The highest BCUT2D eigenvalue weighted by atomic mass is 16.5. The molecule has 0 aliphatic carbocycles. The molecule has 3 aliphatic rings. The smallest absolute Gasteiger partial charge is 0.325 e. The Morgan fingerprint density at radius 3 is 2.47 bits per heavy atom. The summed E-state index contributed by atoms with van der Waals surface area (Å²) in [4.78, 5) is 29.7. The Labute approximate surface area is 109 Å². The van der Waals surface area contributed by atoms with E-state index in [2.05, 4.69) is 14.9 Å². The van der Waals surface area contributed by atoms with Crippen LogP contribution in [0.2, 0.25) is 0 Å². The third kappa shape index (κ3) is 1.86. The number of hydrogen-bond acceptors (Lipinski definition) is 4. The van der Waals surface area contributed by atoms with Crippen LogP contribution < -0.4 is 11.2 Å². The van der Waals surface area contributed by atoms with Crippen LogP contribution in [0.15, 0.2) is 15.7 Å². The van der Waals surface area contributed by atoms with Gasteiger partial charge < -0.3 is 9.72 Å². The molecule has 2 N–H and O–H groups in total. The van der Waals surface area contributed by atoms with Crippen molar-refractivity contribution in [1.82, 2.24) is 14.9 Å². The average Bonchev–Trinajstić information content (AvgIpc) is 2.97. The first kappa shape index (κ1) is 11.4. The van der Waals surface area contributed by atoms with E-state index in [1.54, 1.807) is 0 Å². The number of likely N-dealkylation sites (tertiary alicyclic amines) is 1. The van der Waals surface area contributed by atoms with Crippen LogP contribution in [0.25, 0.3) is 0 Å². The third-order valence-electron chi connectivity index (χ3n) is 4.74. The lowest BCUT2D eigenvalue weighted by Gasteiger charge is -2.18. The normalized spacial score (nSPS) is 36.8. The van der Waals surface area contributed by atoms with Crippen LogP contribution in [0.1, 0.15) is 18.5 Å². The van der Waals surface area contributed by atoms with Crippen molar-refractivity contribution in [2.45, 2.75) is 31.6 Å². The third-order valence-corrected chi connectivity index (χ3v) is 4.74. The molecule has 6 heteroatoms. The number of rotatable bonds is 2. The first-order valence-electron chi connectivity index (χ1n) is 6.89. The van der Waals surface area contributed by atoms with Crippen molar-refractivity contribution >= 4 is 0 Å². The first-order valence-corrected chi connectivity index (χ1v) is 6.89. The first-order chi connectivity index (χ1) is 9.19. The van der Waals surface area contributed by atoms with Gasteiger partial charge in [-0.05, 0) is 12.8 Å². The molecule has 4 rings (SSSR count). The topological polar surface area (TPSA) is 78.2 Å². The summed E-state index contributed by atoms with van der Waals surface area (Å²) in [6, 6.07) is 1.47. The molecule has 0 radical (unpaired) electrons. The SMILES string of the molecule is O=c1cc(CN2C[C@@H]3[C@H](C2)[C@H]2CC[C@@H]3O2)[nH]c(=O)[nH]1. The molecule has 4 heterocycles. The van der Waals surface area contributed by atoms with Crippen LogP contribution in [-0.4, -0.2) is 40.2 Å². The number of hydrogen-bond donors (Lipinski definition) is 2. The van der Waals surface area contributed by atoms with E-state index in [4.69, 9.17) is 4.74 Å². The standard InChI is InChI=1S/C13H17N3O3/c17-12-3-7(14-13(18)15-12)4-16-5-8-9(6-16)11-2-1-10(8)19-11/h3,8-11H,1-2,4-6H2,(H2,14,15,17,18)/t8-,9+,10+,11-. The van der Waals surface area contributed by atoms with Crippen molar-refractivity contribution < 1.29 is 4.74 Å². The van der Waals surface area contributed by atoms with Gasteiger partial charge in [-0.25, -0.2) is 4.79 Å². The van der Waals surface area contributed by atoms with Crippen molar-refractivity contribution in [3.8, 4) is 0 Å². The minimum atomic E-state index is -0.426. The summed E-state index contributed by atoms with van der Waals surface area (Å²) < 4.78 is 5.94. The molecule has 19 heavy (non-hydrogen) atoms. The fourth-order valence-corrected chi connectivity index (χ4v) is 4.02. The highest BCUT2D eigenvalue weighted by molar-refractivity contribution is 5.05. The molecular weight excluding hydrogens is 246 g/mol. The van der Waals surface area contributed by atoms with E-state index < -0.39 is 5.69 Å². The van der Waals surface area contributed by atoms with E-state index in [1.807, 2.05) is 0 Å². The van der Waals surface area contributed by atoms with E-state index >= 15 is 0 Å². The lowest BCUT2D eigenvalue weighted by Crippen LogP contribution is -2.29. The van der Waals surface area contributed by atoms with Crippen LogP contribution in [0.4, 0.5) is 0 Å². The number of H-pyrrole nitrogens is 2. The Balaban J connectivity index is 1.50.